The van der Waals surface area contributed by atoms with Gasteiger partial charge in [0, 0.05) is 40.3 Å². The molecule has 7 rings (SSSR count). The zero-order valence-corrected chi connectivity index (χ0v) is 27.1. The van der Waals surface area contributed by atoms with Gasteiger partial charge in [0.1, 0.15) is 0 Å². The number of benzene rings is 4. The Hall–Kier alpha value is -3.76. The molecule has 0 unspecified atom stereocenters. The van der Waals surface area contributed by atoms with Crippen molar-refractivity contribution in [3.63, 3.8) is 0 Å². The molecule has 0 N–H and O–H groups in total. The summed E-state index contributed by atoms with van der Waals surface area (Å²) in [4.78, 5) is 7.73. The Morgan fingerprint density at radius 3 is 2.00 bits per heavy atom. The van der Waals surface area contributed by atoms with E-state index in [2.05, 4.69) is 125 Å². The summed E-state index contributed by atoms with van der Waals surface area (Å²) in [6.07, 6.45) is 7.97. The van der Waals surface area contributed by atoms with E-state index in [0.29, 0.717) is 0 Å². The molecular weight excluding hydrogens is 577 g/mol. The molecule has 2 heterocycles. The van der Waals surface area contributed by atoms with Gasteiger partial charge in [-0.3, -0.25) is 0 Å². The first-order chi connectivity index (χ1) is 20.9. The summed E-state index contributed by atoms with van der Waals surface area (Å²) < 4.78 is 0. The Bertz CT molecular complexity index is 2010. The molecule has 0 spiro atoms. The SMILES string of the molecule is C=Cc1sc(/C(=C\C)c2cccc(-c3ccc4c(c3)C(C)(C)c3cc5c(cc3-4)Sc3ccccc3S5)c2)c(C=C)c1C=C. The maximum absolute atomic E-state index is 4.12. The van der Waals surface area contributed by atoms with E-state index in [1.54, 1.807) is 11.3 Å². The molecule has 0 amide bonds. The number of allylic oxidation sites excluding steroid dienone is 1. The highest BCUT2D eigenvalue weighted by molar-refractivity contribution is 8.05. The van der Waals surface area contributed by atoms with E-state index < -0.39 is 0 Å². The van der Waals surface area contributed by atoms with Crippen LogP contribution in [0.4, 0.5) is 0 Å². The highest BCUT2D eigenvalue weighted by Crippen LogP contribution is 2.56. The summed E-state index contributed by atoms with van der Waals surface area (Å²) in [5.74, 6) is 0. The van der Waals surface area contributed by atoms with Crippen molar-refractivity contribution in [3.05, 3.63) is 142 Å². The van der Waals surface area contributed by atoms with Gasteiger partial charge in [-0.25, -0.2) is 0 Å². The van der Waals surface area contributed by atoms with E-state index >= 15 is 0 Å². The van der Waals surface area contributed by atoms with Crippen LogP contribution in [0, 0.1) is 0 Å². The van der Waals surface area contributed by atoms with Gasteiger partial charge in [0.25, 0.3) is 0 Å². The maximum Gasteiger partial charge on any atom is 0.0430 e. The second-order valence-corrected chi connectivity index (χ2v) is 14.6. The van der Waals surface area contributed by atoms with E-state index in [0.717, 1.165) is 16.0 Å². The third-order valence-corrected chi connectivity index (χ3v) is 12.5. The summed E-state index contributed by atoms with van der Waals surface area (Å²) in [5.41, 5.74) is 12.5. The van der Waals surface area contributed by atoms with Crippen molar-refractivity contribution in [2.45, 2.75) is 45.8 Å². The first-order valence-corrected chi connectivity index (χ1v) is 16.9. The minimum absolute atomic E-state index is 0.0814. The van der Waals surface area contributed by atoms with Gasteiger partial charge in [-0.05, 0) is 93.4 Å². The van der Waals surface area contributed by atoms with Crippen molar-refractivity contribution in [3.8, 4) is 22.3 Å². The molecule has 0 saturated carbocycles. The molecule has 0 radical (unpaired) electrons. The van der Waals surface area contributed by atoms with Crippen molar-refractivity contribution < 1.29 is 0 Å². The Kier molecular flexibility index (Phi) is 7.01. The zero-order valence-electron chi connectivity index (χ0n) is 24.7. The van der Waals surface area contributed by atoms with E-state index in [9.17, 15) is 0 Å². The summed E-state index contributed by atoms with van der Waals surface area (Å²) in [7, 11) is 0. The largest absolute Gasteiger partial charge is 0.135 e. The lowest BCUT2D eigenvalue weighted by atomic mass is 9.81. The minimum atomic E-state index is -0.0814. The Morgan fingerprint density at radius 1 is 0.651 bits per heavy atom. The lowest BCUT2D eigenvalue weighted by Crippen LogP contribution is -2.15. The van der Waals surface area contributed by atoms with Crippen molar-refractivity contribution in [2.24, 2.45) is 0 Å². The minimum Gasteiger partial charge on any atom is -0.135 e. The second kappa shape index (κ2) is 10.7. The third-order valence-electron chi connectivity index (χ3n) is 8.68. The summed E-state index contributed by atoms with van der Waals surface area (Å²) in [6, 6.07) is 29.6. The lowest BCUT2D eigenvalue weighted by molar-refractivity contribution is 0.658. The maximum atomic E-state index is 4.12. The molecule has 0 bridgehead atoms. The third kappa shape index (κ3) is 4.45. The Labute approximate surface area is 267 Å². The Balaban J connectivity index is 1.28. The fraction of sp³-hybridized carbons (Fsp3) is 0.100. The number of hydrogen-bond donors (Lipinski definition) is 0. The normalized spacial score (nSPS) is 14.3. The molecule has 0 nitrogen and oxygen atoms in total. The fourth-order valence-corrected chi connectivity index (χ4v) is 10.0. The molecule has 210 valence electrons. The smallest absolute Gasteiger partial charge is 0.0430 e. The van der Waals surface area contributed by atoms with Crippen LogP contribution < -0.4 is 0 Å². The molecule has 43 heavy (non-hydrogen) atoms. The zero-order chi connectivity index (χ0) is 29.9. The molecular formula is C40H32S3. The van der Waals surface area contributed by atoms with E-state index in [-0.39, 0.29) is 5.41 Å². The predicted molar refractivity (Wildman–Crippen MR) is 191 cm³/mol. The highest BCUT2D eigenvalue weighted by atomic mass is 32.2. The standard InChI is InChI=1S/C40H32S3/c1-7-27(39-29(9-3)28(8-2)34(10-4)43-39)26-15-13-14-24(20-26)25-18-19-30-31-22-37-38(23-33(31)40(5,6)32(30)21-25)42-36-17-12-11-16-35(36)41-37/h7-23H,2-4H2,1,5-6H3/b27-7-. The predicted octanol–water partition coefficient (Wildman–Crippen LogP) is 12.7. The van der Waals surface area contributed by atoms with E-state index in [4.69, 9.17) is 0 Å². The molecule has 0 fully saturated rings. The van der Waals surface area contributed by atoms with Gasteiger partial charge in [0.05, 0.1) is 0 Å². The summed E-state index contributed by atoms with van der Waals surface area (Å²) in [5, 5.41) is 0. The van der Waals surface area contributed by atoms with Gasteiger partial charge >= 0.3 is 0 Å². The van der Waals surface area contributed by atoms with Gasteiger partial charge in [-0.15, -0.1) is 11.3 Å². The molecule has 4 aromatic carbocycles. The summed E-state index contributed by atoms with van der Waals surface area (Å²) in [6.45, 7) is 19.1. The van der Waals surface area contributed by atoms with Crippen LogP contribution >= 0.6 is 34.9 Å². The number of rotatable bonds is 6. The second-order valence-electron chi connectivity index (χ2n) is 11.4. The number of hydrogen-bond acceptors (Lipinski definition) is 3. The highest BCUT2D eigenvalue weighted by Gasteiger charge is 2.37. The monoisotopic (exact) mass is 608 g/mol. The molecule has 0 atom stereocenters. The van der Waals surface area contributed by atoms with Gasteiger partial charge in [-0.2, -0.15) is 0 Å². The van der Waals surface area contributed by atoms with Crippen LogP contribution in [0.1, 0.15) is 58.3 Å². The lowest BCUT2D eigenvalue weighted by Gasteiger charge is -2.24. The first-order valence-electron chi connectivity index (χ1n) is 14.5. The van der Waals surface area contributed by atoms with Gasteiger partial charge in [0.15, 0.2) is 0 Å². The van der Waals surface area contributed by atoms with Crippen molar-refractivity contribution >= 4 is 58.7 Å². The van der Waals surface area contributed by atoms with E-state index in [1.807, 2.05) is 41.8 Å². The van der Waals surface area contributed by atoms with Gasteiger partial charge < -0.3 is 0 Å². The van der Waals surface area contributed by atoms with Crippen molar-refractivity contribution in [1.82, 2.24) is 0 Å². The Morgan fingerprint density at radius 2 is 1.33 bits per heavy atom. The topological polar surface area (TPSA) is 0 Å². The molecule has 1 aromatic heterocycles. The van der Waals surface area contributed by atoms with Crippen molar-refractivity contribution in [1.29, 1.82) is 0 Å². The molecule has 0 saturated heterocycles. The molecule has 1 aliphatic carbocycles. The first kappa shape index (κ1) is 28.0. The molecule has 5 aromatic rings. The molecule has 3 heteroatoms. The van der Waals surface area contributed by atoms with Crippen LogP contribution in [0.15, 0.2) is 124 Å². The van der Waals surface area contributed by atoms with Crippen LogP contribution in [0.3, 0.4) is 0 Å². The summed E-state index contributed by atoms with van der Waals surface area (Å²) >= 11 is 5.54. The van der Waals surface area contributed by atoms with E-state index in [1.165, 1.54) is 69.0 Å². The van der Waals surface area contributed by atoms with Crippen LogP contribution in [0.5, 0.6) is 0 Å². The van der Waals surface area contributed by atoms with Gasteiger partial charge in [-0.1, -0.05) is 124 Å². The average molecular weight is 609 g/mol. The molecule has 2 aliphatic rings. The number of thiophene rings is 1. The van der Waals surface area contributed by atoms with Crippen LogP contribution in [-0.2, 0) is 5.41 Å². The van der Waals surface area contributed by atoms with Crippen LogP contribution in [-0.4, -0.2) is 0 Å². The van der Waals surface area contributed by atoms with Crippen molar-refractivity contribution in [2.75, 3.05) is 0 Å². The number of fused-ring (bicyclic) bond motifs is 5. The van der Waals surface area contributed by atoms with Crippen LogP contribution in [0.2, 0.25) is 0 Å². The molecule has 1 aliphatic heterocycles. The average Bonchev–Trinajstić information content (AvgIpc) is 3.50. The van der Waals surface area contributed by atoms with Gasteiger partial charge in [0.2, 0.25) is 0 Å². The fourth-order valence-electron chi connectivity index (χ4n) is 6.47. The van der Waals surface area contributed by atoms with Crippen LogP contribution in [0.25, 0.3) is 46.1 Å². The quantitative estimate of drug-likeness (QED) is 0.184.